The summed E-state index contributed by atoms with van der Waals surface area (Å²) in [6.07, 6.45) is 3.00. The lowest BCUT2D eigenvalue weighted by atomic mass is 10.1. The van der Waals surface area contributed by atoms with Crippen LogP contribution in [0, 0.1) is 13.8 Å². The molecule has 2 aromatic carbocycles. The molecule has 160 valence electrons. The largest absolute Gasteiger partial charge is 0.491 e. The molecule has 6 heteroatoms. The maximum atomic E-state index is 12.9. The molecule has 31 heavy (non-hydrogen) atoms. The van der Waals surface area contributed by atoms with Gasteiger partial charge in [0, 0.05) is 11.6 Å². The predicted molar refractivity (Wildman–Crippen MR) is 120 cm³/mol. The van der Waals surface area contributed by atoms with Crippen LogP contribution < -0.4 is 15.4 Å². The SMILES string of the molecule is Cc1ccccc1OCC(C)NC(=O)/C(=C/c1ccco1)NC(=O)c1ccccc1C. The third-order valence-corrected chi connectivity index (χ3v) is 4.67. The molecular weight excluding hydrogens is 392 g/mol. The van der Waals surface area contributed by atoms with Crippen molar-refractivity contribution in [1.82, 2.24) is 10.6 Å². The van der Waals surface area contributed by atoms with Crippen LogP contribution in [0.1, 0.15) is 34.2 Å². The van der Waals surface area contributed by atoms with E-state index in [1.54, 1.807) is 24.3 Å². The van der Waals surface area contributed by atoms with Gasteiger partial charge in [0.1, 0.15) is 23.8 Å². The fourth-order valence-corrected chi connectivity index (χ4v) is 2.97. The van der Waals surface area contributed by atoms with E-state index in [1.807, 2.05) is 57.2 Å². The van der Waals surface area contributed by atoms with Crippen molar-refractivity contribution in [3.05, 3.63) is 95.1 Å². The molecule has 6 nitrogen and oxygen atoms in total. The predicted octanol–water partition coefficient (Wildman–Crippen LogP) is 4.25. The Kier molecular flexibility index (Phi) is 7.27. The lowest BCUT2D eigenvalue weighted by Gasteiger charge is -2.18. The Balaban J connectivity index is 1.70. The van der Waals surface area contributed by atoms with Gasteiger partial charge in [-0.1, -0.05) is 36.4 Å². The highest BCUT2D eigenvalue weighted by Gasteiger charge is 2.18. The Labute approximate surface area is 181 Å². The minimum Gasteiger partial charge on any atom is -0.491 e. The zero-order valence-electron chi connectivity index (χ0n) is 17.8. The van der Waals surface area contributed by atoms with Gasteiger partial charge in [-0.2, -0.15) is 0 Å². The number of rotatable bonds is 8. The van der Waals surface area contributed by atoms with Crippen LogP contribution >= 0.6 is 0 Å². The standard InChI is InChI=1S/C25H26N2O4/c1-17-9-4-6-12-21(17)24(28)27-22(15-20-11-8-14-30-20)25(29)26-19(3)16-31-23-13-7-5-10-18(23)2/h4-15,19H,16H2,1-3H3,(H,26,29)(H,27,28)/b22-15-. The number of hydrogen-bond donors (Lipinski definition) is 2. The van der Waals surface area contributed by atoms with Crippen molar-refractivity contribution in [3.63, 3.8) is 0 Å². The van der Waals surface area contributed by atoms with Crippen molar-refractivity contribution < 1.29 is 18.7 Å². The summed E-state index contributed by atoms with van der Waals surface area (Å²) < 4.78 is 11.1. The maximum Gasteiger partial charge on any atom is 0.268 e. The molecule has 1 atom stereocenters. The van der Waals surface area contributed by atoms with E-state index in [0.29, 0.717) is 11.3 Å². The molecule has 0 fully saturated rings. The van der Waals surface area contributed by atoms with Crippen molar-refractivity contribution in [3.8, 4) is 5.75 Å². The number of carbonyl (C=O) groups is 2. The third-order valence-electron chi connectivity index (χ3n) is 4.67. The number of benzene rings is 2. The van der Waals surface area contributed by atoms with E-state index < -0.39 is 5.91 Å². The van der Waals surface area contributed by atoms with E-state index in [1.165, 1.54) is 12.3 Å². The third kappa shape index (κ3) is 6.09. The topological polar surface area (TPSA) is 80.6 Å². The van der Waals surface area contributed by atoms with Crippen LogP contribution in [0.3, 0.4) is 0 Å². The lowest BCUT2D eigenvalue weighted by molar-refractivity contribution is -0.118. The molecule has 0 aliphatic rings. The number of carbonyl (C=O) groups excluding carboxylic acids is 2. The average Bonchev–Trinajstić information content (AvgIpc) is 3.26. The summed E-state index contributed by atoms with van der Waals surface area (Å²) in [7, 11) is 0. The van der Waals surface area contributed by atoms with Crippen LogP contribution in [-0.4, -0.2) is 24.5 Å². The summed E-state index contributed by atoms with van der Waals surface area (Å²) in [5.41, 5.74) is 2.42. The summed E-state index contributed by atoms with van der Waals surface area (Å²) in [5, 5.41) is 5.57. The molecule has 0 aliphatic carbocycles. The number of aryl methyl sites for hydroxylation is 2. The zero-order chi connectivity index (χ0) is 22.2. The molecule has 0 saturated carbocycles. The number of ether oxygens (including phenoxy) is 1. The highest BCUT2D eigenvalue weighted by Crippen LogP contribution is 2.16. The second-order valence-corrected chi connectivity index (χ2v) is 7.29. The van der Waals surface area contributed by atoms with E-state index in [2.05, 4.69) is 10.6 Å². The molecule has 2 amide bonds. The number of nitrogens with one attached hydrogen (secondary N) is 2. The smallest absolute Gasteiger partial charge is 0.268 e. The number of furan rings is 1. The van der Waals surface area contributed by atoms with Crippen LogP contribution in [0.15, 0.2) is 77.0 Å². The van der Waals surface area contributed by atoms with E-state index >= 15 is 0 Å². The quantitative estimate of drug-likeness (QED) is 0.536. The number of amides is 2. The molecule has 0 radical (unpaired) electrons. The summed E-state index contributed by atoms with van der Waals surface area (Å²) in [6.45, 7) is 5.93. The first-order valence-electron chi connectivity index (χ1n) is 10.1. The summed E-state index contributed by atoms with van der Waals surface area (Å²) in [5.74, 6) is 0.427. The summed E-state index contributed by atoms with van der Waals surface area (Å²) in [6, 6.07) is 18.0. The van der Waals surface area contributed by atoms with Crippen molar-refractivity contribution in [1.29, 1.82) is 0 Å². The van der Waals surface area contributed by atoms with Gasteiger partial charge in [-0.3, -0.25) is 9.59 Å². The first-order valence-corrected chi connectivity index (χ1v) is 10.1. The Morgan fingerprint density at radius 1 is 1.00 bits per heavy atom. The first kappa shape index (κ1) is 21.9. The van der Waals surface area contributed by atoms with Gasteiger partial charge in [-0.05, 0) is 56.2 Å². The summed E-state index contributed by atoms with van der Waals surface area (Å²) in [4.78, 5) is 25.7. The van der Waals surface area contributed by atoms with Gasteiger partial charge in [0.2, 0.25) is 0 Å². The number of para-hydroxylation sites is 1. The Morgan fingerprint density at radius 3 is 2.39 bits per heavy atom. The summed E-state index contributed by atoms with van der Waals surface area (Å²) >= 11 is 0. The average molecular weight is 418 g/mol. The fraction of sp³-hybridized carbons (Fsp3) is 0.200. The number of hydrogen-bond acceptors (Lipinski definition) is 4. The van der Waals surface area contributed by atoms with Crippen molar-refractivity contribution in [2.75, 3.05) is 6.61 Å². The van der Waals surface area contributed by atoms with Gasteiger partial charge in [0.05, 0.1) is 12.3 Å². The molecule has 0 bridgehead atoms. The van der Waals surface area contributed by atoms with Gasteiger partial charge in [0.25, 0.3) is 11.8 Å². The van der Waals surface area contributed by atoms with Gasteiger partial charge in [-0.25, -0.2) is 0 Å². The molecule has 0 aliphatic heterocycles. The van der Waals surface area contributed by atoms with Crippen LogP contribution in [0.4, 0.5) is 0 Å². The van der Waals surface area contributed by atoms with Crippen molar-refractivity contribution in [2.24, 2.45) is 0 Å². The molecule has 0 spiro atoms. The van der Waals surface area contributed by atoms with Crippen LogP contribution in [0.2, 0.25) is 0 Å². The van der Waals surface area contributed by atoms with Gasteiger partial charge < -0.3 is 19.8 Å². The molecule has 1 unspecified atom stereocenters. The Hall–Kier alpha value is -3.80. The van der Waals surface area contributed by atoms with E-state index in [-0.39, 0.29) is 24.3 Å². The zero-order valence-corrected chi connectivity index (χ0v) is 17.8. The van der Waals surface area contributed by atoms with Crippen LogP contribution in [-0.2, 0) is 4.79 Å². The lowest BCUT2D eigenvalue weighted by Crippen LogP contribution is -2.41. The van der Waals surface area contributed by atoms with E-state index in [0.717, 1.165) is 16.9 Å². The molecular formula is C25H26N2O4. The maximum absolute atomic E-state index is 12.9. The minimum absolute atomic E-state index is 0.0888. The second kappa shape index (κ2) is 10.3. The Bertz CT molecular complexity index is 1070. The van der Waals surface area contributed by atoms with Gasteiger partial charge >= 0.3 is 0 Å². The van der Waals surface area contributed by atoms with Crippen molar-refractivity contribution in [2.45, 2.75) is 26.8 Å². The molecule has 0 saturated heterocycles. The minimum atomic E-state index is -0.431. The molecule has 1 heterocycles. The monoisotopic (exact) mass is 418 g/mol. The van der Waals surface area contributed by atoms with Gasteiger partial charge in [-0.15, -0.1) is 0 Å². The van der Waals surface area contributed by atoms with Crippen molar-refractivity contribution >= 4 is 17.9 Å². The Morgan fingerprint density at radius 2 is 1.71 bits per heavy atom. The fourth-order valence-electron chi connectivity index (χ4n) is 2.97. The second-order valence-electron chi connectivity index (χ2n) is 7.29. The molecule has 2 N–H and O–H groups in total. The molecule has 1 aromatic heterocycles. The van der Waals surface area contributed by atoms with Gasteiger partial charge in [0.15, 0.2) is 0 Å². The normalized spacial score (nSPS) is 12.2. The first-order chi connectivity index (χ1) is 14.9. The highest BCUT2D eigenvalue weighted by atomic mass is 16.5. The molecule has 3 rings (SSSR count). The van der Waals surface area contributed by atoms with E-state index in [9.17, 15) is 9.59 Å². The van der Waals surface area contributed by atoms with Crippen LogP contribution in [0.5, 0.6) is 5.75 Å². The van der Waals surface area contributed by atoms with E-state index in [4.69, 9.17) is 9.15 Å². The highest BCUT2D eigenvalue weighted by molar-refractivity contribution is 6.05. The molecule has 3 aromatic rings. The van der Waals surface area contributed by atoms with Crippen LogP contribution in [0.25, 0.3) is 6.08 Å².